The lowest BCUT2D eigenvalue weighted by molar-refractivity contribution is -0.143. The Kier molecular flexibility index (Phi) is 6.63. The lowest BCUT2D eigenvalue weighted by Gasteiger charge is -2.06. The van der Waals surface area contributed by atoms with E-state index in [-0.39, 0.29) is 18.2 Å². The van der Waals surface area contributed by atoms with Crippen molar-refractivity contribution in [2.75, 3.05) is 11.9 Å². The number of anilines is 1. The van der Waals surface area contributed by atoms with Crippen LogP contribution in [-0.4, -0.2) is 44.5 Å². The van der Waals surface area contributed by atoms with Crippen molar-refractivity contribution in [2.24, 2.45) is 0 Å². The molecule has 154 valence electrons. The minimum Gasteiger partial charge on any atom is -0.456 e. The Bertz CT molecular complexity index is 1040. The molecule has 0 atom stereocenters. The van der Waals surface area contributed by atoms with Crippen LogP contribution in [-0.2, 0) is 20.9 Å². The number of rotatable bonds is 8. The van der Waals surface area contributed by atoms with Gasteiger partial charge in [-0.05, 0) is 36.4 Å². The highest BCUT2D eigenvalue weighted by Gasteiger charge is 2.13. The van der Waals surface area contributed by atoms with E-state index in [9.17, 15) is 14.4 Å². The van der Waals surface area contributed by atoms with Gasteiger partial charge in [-0.2, -0.15) is 4.80 Å². The summed E-state index contributed by atoms with van der Waals surface area (Å²) in [7, 11) is 0. The van der Waals surface area contributed by atoms with Crippen molar-refractivity contribution in [1.29, 1.82) is 0 Å². The summed E-state index contributed by atoms with van der Waals surface area (Å²) < 4.78 is 5.02. The highest BCUT2D eigenvalue weighted by atomic mass is 16.5. The molecular formula is C21H21N5O4. The van der Waals surface area contributed by atoms with Crippen LogP contribution in [0, 0.1) is 6.92 Å². The van der Waals surface area contributed by atoms with Gasteiger partial charge in [0, 0.05) is 23.2 Å². The molecule has 0 spiro atoms. The van der Waals surface area contributed by atoms with E-state index < -0.39 is 12.6 Å². The topological polar surface area (TPSA) is 116 Å². The first-order valence-corrected chi connectivity index (χ1v) is 9.38. The fraction of sp³-hybridized carbons (Fsp3) is 0.238. The molecule has 0 unspecified atom stereocenters. The molecule has 0 aliphatic rings. The van der Waals surface area contributed by atoms with Crippen LogP contribution < -0.4 is 5.32 Å². The van der Waals surface area contributed by atoms with Gasteiger partial charge in [0.1, 0.15) is 0 Å². The highest BCUT2D eigenvalue weighted by Crippen LogP contribution is 2.14. The molecule has 0 aliphatic heterocycles. The van der Waals surface area contributed by atoms with Crippen molar-refractivity contribution >= 4 is 23.3 Å². The first-order valence-electron chi connectivity index (χ1n) is 9.38. The van der Waals surface area contributed by atoms with Gasteiger partial charge in [-0.15, -0.1) is 10.2 Å². The second-order valence-corrected chi connectivity index (χ2v) is 6.57. The largest absolute Gasteiger partial charge is 0.456 e. The van der Waals surface area contributed by atoms with E-state index in [2.05, 4.69) is 20.7 Å². The van der Waals surface area contributed by atoms with E-state index in [0.717, 1.165) is 15.9 Å². The molecule has 9 heteroatoms. The summed E-state index contributed by atoms with van der Waals surface area (Å²) >= 11 is 0. The van der Waals surface area contributed by atoms with Crippen LogP contribution in [0.2, 0.25) is 0 Å². The molecule has 30 heavy (non-hydrogen) atoms. The number of hydrogen-bond acceptors (Lipinski definition) is 7. The summed E-state index contributed by atoms with van der Waals surface area (Å²) in [5.74, 6) is -0.726. The van der Waals surface area contributed by atoms with Gasteiger partial charge < -0.3 is 10.1 Å². The maximum absolute atomic E-state index is 12.2. The maximum Gasteiger partial charge on any atom is 0.330 e. The van der Waals surface area contributed by atoms with E-state index >= 15 is 0 Å². The van der Waals surface area contributed by atoms with E-state index in [0.29, 0.717) is 23.5 Å². The van der Waals surface area contributed by atoms with E-state index in [1.54, 1.807) is 31.2 Å². The molecule has 1 N–H and O–H groups in total. The van der Waals surface area contributed by atoms with E-state index in [1.807, 2.05) is 31.2 Å². The molecule has 9 nitrogen and oxygen atoms in total. The van der Waals surface area contributed by atoms with Gasteiger partial charge in [0.15, 0.2) is 18.9 Å². The van der Waals surface area contributed by atoms with Crippen molar-refractivity contribution in [3.05, 3.63) is 59.7 Å². The Hall–Kier alpha value is -3.88. The Morgan fingerprint density at radius 3 is 2.40 bits per heavy atom. The molecule has 0 radical (unpaired) electrons. The zero-order valence-corrected chi connectivity index (χ0v) is 16.7. The zero-order chi connectivity index (χ0) is 21.5. The van der Waals surface area contributed by atoms with Crippen LogP contribution >= 0.6 is 0 Å². The summed E-state index contributed by atoms with van der Waals surface area (Å²) in [5, 5.41) is 14.6. The third-order valence-corrected chi connectivity index (χ3v) is 4.21. The molecule has 3 aromatic rings. The second kappa shape index (κ2) is 9.55. The van der Waals surface area contributed by atoms with Gasteiger partial charge in [-0.25, -0.2) is 4.79 Å². The molecule has 1 aromatic heterocycles. The Morgan fingerprint density at radius 2 is 1.73 bits per heavy atom. The summed E-state index contributed by atoms with van der Waals surface area (Å²) in [4.78, 5) is 36.7. The molecule has 1 amide bonds. The molecule has 2 aromatic carbocycles. The standard InChI is InChI=1S/C21H21N5O4/c1-3-19(28)22-17-10-8-15(9-11-17)18(27)13-30-20(29)12-26-24-21(23-25-26)16-6-4-14(2)5-7-16/h4-11H,3,12-13H2,1-2H3,(H,22,28). The third kappa shape index (κ3) is 5.57. The number of nitrogens with zero attached hydrogens (tertiary/aromatic N) is 4. The van der Waals surface area contributed by atoms with Gasteiger partial charge >= 0.3 is 5.97 Å². The van der Waals surface area contributed by atoms with Gasteiger partial charge in [-0.1, -0.05) is 36.8 Å². The summed E-state index contributed by atoms with van der Waals surface area (Å²) in [6.07, 6.45) is 0.365. The zero-order valence-electron chi connectivity index (χ0n) is 16.7. The molecule has 0 saturated heterocycles. The average Bonchev–Trinajstić information content (AvgIpc) is 3.21. The number of benzene rings is 2. The Labute approximate surface area is 173 Å². The van der Waals surface area contributed by atoms with Crippen molar-refractivity contribution in [2.45, 2.75) is 26.8 Å². The van der Waals surface area contributed by atoms with Crippen LogP contribution in [0.4, 0.5) is 5.69 Å². The number of tetrazole rings is 1. The van der Waals surface area contributed by atoms with Crippen LogP contribution in [0.3, 0.4) is 0 Å². The first-order chi connectivity index (χ1) is 14.4. The van der Waals surface area contributed by atoms with E-state index in [1.165, 1.54) is 0 Å². The monoisotopic (exact) mass is 407 g/mol. The molecule has 0 saturated carbocycles. The molecule has 0 aliphatic carbocycles. The minimum atomic E-state index is -0.650. The number of carbonyl (C=O) groups is 3. The molecule has 0 fully saturated rings. The smallest absolute Gasteiger partial charge is 0.330 e. The van der Waals surface area contributed by atoms with Gasteiger partial charge in [0.05, 0.1) is 0 Å². The molecule has 0 bridgehead atoms. The van der Waals surface area contributed by atoms with Gasteiger partial charge in [0.25, 0.3) is 0 Å². The number of ketones is 1. The van der Waals surface area contributed by atoms with Crippen LogP contribution in [0.25, 0.3) is 11.4 Å². The number of carbonyl (C=O) groups excluding carboxylic acids is 3. The lowest BCUT2D eigenvalue weighted by Crippen LogP contribution is -2.20. The van der Waals surface area contributed by atoms with Crippen molar-refractivity contribution in [3.8, 4) is 11.4 Å². The Balaban J connectivity index is 1.50. The fourth-order valence-electron chi connectivity index (χ4n) is 2.51. The number of amides is 1. The quantitative estimate of drug-likeness (QED) is 0.450. The number of Topliss-reactive ketones (excluding diaryl/α,β-unsaturated/α-hetero) is 1. The van der Waals surface area contributed by atoms with Crippen molar-refractivity contribution in [1.82, 2.24) is 20.2 Å². The third-order valence-electron chi connectivity index (χ3n) is 4.21. The normalized spacial score (nSPS) is 10.5. The van der Waals surface area contributed by atoms with Crippen molar-refractivity contribution < 1.29 is 19.1 Å². The number of hydrogen-bond donors (Lipinski definition) is 1. The van der Waals surface area contributed by atoms with Crippen LogP contribution in [0.5, 0.6) is 0 Å². The predicted octanol–water partition coefficient (Wildman–Crippen LogP) is 2.42. The number of aryl methyl sites for hydroxylation is 1. The number of nitrogens with one attached hydrogen (secondary N) is 1. The van der Waals surface area contributed by atoms with E-state index in [4.69, 9.17) is 4.74 Å². The highest BCUT2D eigenvalue weighted by molar-refractivity contribution is 5.98. The predicted molar refractivity (Wildman–Crippen MR) is 109 cm³/mol. The fourth-order valence-corrected chi connectivity index (χ4v) is 2.51. The lowest BCUT2D eigenvalue weighted by atomic mass is 10.1. The second-order valence-electron chi connectivity index (χ2n) is 6.57. The summed E-state index contributed by atoms with van der Waals surface area (Å²) in [6, 6.07) is 14.0. The maximum atomic E-state index is 12.2. The van der Waals surface area contributed by atoms with Crippen LogP contribution in [0.15, 0.2) is 48.5 Å². The number of esters is 1. The summed E-state index contributed by atoms with van der Waals surface area (Å²) in [5.41, 5.74) is 2.86. The number of aromatic nitrogens is 4. The van der Waals surface area contributed by atoms with Gasteiger partial charge in [-0.3, -0.25) is 9.59 Å². The van der Waals surface area contributed by atoms with Crippen LogP contribution in [0.1, 0.15) is 29.3 Å². The SMILES string of the molecule is CCC(=O)Nc1ccc(C(=O)COC(=O)Cn2nnc(-c3ccc(C)cc3)n2)cc1. The average molecular weight is 407 g/mol. The van der Waals surface area contributed by atoms with Crippen molar-refractivity contribution in [3.63, 3.8) is 0 Å². The number of ether oxygens (including phenoxy) is 1. The minimum absolute atomic E-state index is 0.115. The first kappa shape index (κ1) is 20.8. The Morgan fingerprint density at radius 1 is 1.03 bits per heavy atom. The van der Waals surface area contributed by atoms with Gasteiger partial charge in [0.2, 0.25) is 11.7 Å². The molecular weight excluding hydrogens is 386 g/mol. The summed E-state index contributed by atoms with van der Waals surface area (Å²) in [6.45, 7) is 3.07. The molecule has 1 heterocycles. The molecule has 3 rings (SSSR count).